The summed E-state index contributed by atoms with van der Waals surface area (Å²) in [4.78, 5) is 37.4. The number of esters is 3. The second kappa shape index (κ2) is 11.3. The van der Waals surface area contributed by atoms with E-state index in [1.54, 1.807) is 19.9 Å². The standard InChI is InChI=1S/C29H36O9/c1-18(2)20(5)35-16-28-10-8-21(37-28)14-23(28)26(31)33-12-6-7-13-34-27(32)24-15-22-9-11-29(24,38-22)17-36-25(30)19(3)4/h8-11,21-24H,1,3,5-7,12-17H2,2,4H3. The van der Waals surface area contributed by atoms with E-state index in [0.717, 1.165) is 0 Å². The van der Waals surface area contributed by atoms with Crippen molar-refractivity contribution in [3.05, 3.63) is 60.9 Å². The summed E-state index contributed by atoms with van der Waals surface area (Å²) in [5.41, 5.74) is -0.875. The molecule has 0 saturated carbocycles. The molecule has 4 heterocycles. The highest BCUT2D eigenvalue weighted by molar-refractivity contribution is 5.87. The number of rotatable bonds is 14. The van der Waals surface area contributed by atoms with Gasteiger partial charge in [-0.1, -0.05) is 31.9 Å². The van der Waals surface area contributed by atoms with Gasteiger partial charge in [0, 0.05) is 5.57 Å². The third-order valence-electron chi connectivity index (χ3n) is 7.36. The van der Waals surface area contributed by atoms with E-state index in [2.05, 4.69) is 19.7 Å². The molecular weight excluding hydrogens is 492 g/mol. The van der Waals surface area contributed by atoms with Crippen LogP contribution >= 0.6 is 0 Å². The first-order chi connectivity index (χ1) is 18.0. The van der Waals surface area contributed by atoms with Crippen molar-refractivity contribution in [1.82, 2.24) is 0 Å². The maximum absolute atomic E-state index is 12.8. The number of hydrogen-bond donors (Lipinski definition) is 0. The van der Waals surface area contributed by atoms with Crippen LogP contribution in [-0.4, -0.2) is 67.7 Å². The van der Waals surface area contributed by atoms with Crippen LogP contribution in [0.3, 0.4) is 0 Å². The van der Waals surface area contributed by atoms with Gasteiger partial charge in [0.2, 0.25) is 0 Å². The van der Waals surface area contributed by atoms with E-state index in [4.69, 9.17) is 28.4 Å². The molecule has 38 heavy (non-hydrogen) atoms. The zero-order chi connectivity index (χ0) is 27.5. The summed E-state index contributed by atoms with van der Waals surface area (Å²) in [6.45, 7) is 15.0. The van der Waals surface area contributed by atoms with E-state index in [9.17, 15) is 14.4 Å². The predicted octanol–water partition coefficient (Wildman–Crippen LogP) is 3.51. The van der Waals surface area contributed by atoms with Crippen molar-refractivity contribution in [3.63, 3.8) is 0 Å². The highest BCUT2D eigenvalue weighted by atomic mass is 16.6. The normalized spacial score (nSPS) is 31.7. The minimum absolute atomic E-state index is 0.0732. The van der Waals surface area contributed by atoms with Crippen molar-refractivity contribution in [1.29, 1.82) is 0 Å². The molecule has 0 aromatic rings. The lowest BCUT2D eigenvalue weighted by Gasteiger charge is -2.29. The molecule has 4 bridgehead atoms. The van der Waals surface area contributed by atoms with Crippen LogP contribution in [0.1, 0.15) is 39.5 Å². The van der Waals surface area contributed by atoms with Crippen molar-refractivity contribution in [2.24, 2.45) is 11.8 Å². The molecule has 4 aliphatic rings. The molecule has 0 N–H and O–H groups in total. The summed E-state index contributed by atoms with van der Waals surface area (Å²) in [5, 5.41) is 0. The molecule has 0 aromatic heterocycles. The Balaban J connectivity index is 1.17. The van der Waals surface area contributed by atoms with Gasteiger partial charge < -0.3 is 28.4 Å². The number of fused-ring (bicyclic) bond motifs is 4. The lowest BCUT2D eigenvalue weighted by Crippen LogP contribution is -2.43. The molecular formula is C29H36O9. The van der Waals surface area contributed by atoms with E-state index >= 15 is 0 Å². The first-order valence-electron chi connectivity index (χ1n) is 12.9. The van der Waals surface area contributed by atoms with E-state index in [0.29, 0.717) is 37.0 Å². The fourth-order valence-electron chi connectivity index (χ4n) is 5.11. The number of unbranched alkanes of at least 4 members (excludes halogenated alkanes) is 1. The summed E-state index contributed by atoms with van der Waals surface area (Å²) >= 11 is 0. The van der Waals surface area contributed by atoms with Crippen LogP contribution < -0.4 is 0 Å². The average molecular weight is 529 g/mol. The molecule has 9 nitrogen and oxygen atoms in total. The lowest BCUT2D eigenvalue weighted by molar-refractivity contribution is -0.160. The fourth-order valence-corrected chi connectivity index (χ4v) is 5.11. The maximum atomic E-state index is 12.8. The Morgan fingerprint density at radius 1 is 0.763 bits per heavy atom. The number of carbonyl (C=O) groups is 3. The van der Waals surface area contributed by atoms with Crippen LogP contribution in [0.15, 0.2) is 60.9 Å². The van der Waals surface area contributed by atoms with E-state index in [1.807, 2.05) is 18.2 Å². The molecule has 206 valence electrons. The molecule has 6 atom stereocenters. The van der Waals surface area contributed by atoms with Gasteiger partial charge in [-0.15, -0.1) is 0 Å². The second-order valence-electron chi connectivity index (χ2n) is 10.4. The third-order valence-corrected chi connectivity index (χ3v) is 7.36. The number of hydrogen-bond acceptors (Lipinski definition) is 9. The summed E-state index contributed by atoms with van der Waals surface area (Å²) in [6.07, 6.45) is 9.21. The SMILES string of the molecule is C=C(C)C(=C)OCC12C=CC(CC1C(=O)OCCCCOC(=O)C1CC3C=CC1(COC(=O)C(=C)C)O3)O2. The van der Waals surface area contributed by atoms with Crippen LogP contribution in [0.2, 0.25) is 0 Å². The lowest BCUT2D eigenvalue weighted by atomic mass is 9.83. The average Bonchev–Trinajstić information content (AvgIpc) is 3.66. The summed E-state index contributed by atoms with van der Waals surface area (Å²) in [7, 11) is 0. The van der Waals surface area contributed by atoms with Gasteiger partial charge in [0.15, 0.2) is 0 Å². The van der Waals surface area contributed by atoms with E-state index < -0.39 is 35.0 Å². The van der Waals surface area contributed by atoms with Crippen LogP contribution in [0, 0.1) is 11.8 Å². The van der Waals surface area contributed by atoms with Crippen LogP contribution in [0.25, 0.3) is 0 Å². The van der Waals surface area contributed by atoms with Crippen molar-refractivity contribution >= 4 is 17.9 Å². The minimum Gasteiger partial charge on any atom is -0.491 e. The Kier molecular flexibility index (Phi) is 8.28. The van der Waals surface area contributed by atoms with E-state index in [-0.39, 0.29) is 50.2 Å². The number of allylic oxidation sites excluding steroid dienone is 1. The van der Waals surface area contributed by atoms with Crippen molar-refractivity contribution in [3.8, 4) is 0 Å². The van der Waals surface area contributed by atoms with Crippen LogP contribution in [0.4, 0.5) is 0 Å². The first kappa shape index (κ1) is 27.9. The van der Waals surface area contributed by atoms with Gasteiger partial charge in [0.05, 0.1) is 37.3 Å². The third kappa shape index (κ3) is 5.78. The summed E-state index contributed by atoms with van der Waals surface area (Å²) in [5.74, 6) is -1.83. The van der Waals surface area contributed by atoms with Gasteiger partial charge in [-0.3, -0.25) is 9.59 Å². The van der Waals surface area contributed by atoms with Gasteiger partial charge >= 0.3 is 17.9 Å². The van der Waals surface area contributed by atoms with Gasteiger partial charge in [-0.2, -0.15) is 0 Å². The molecule has 4 rings (SSSR count). The molecule has 6 unspecified atom stereocenters. The largest absolute Gasteiger partial charge is 0.491 e. The van der Waals surface area contributed by atoms with Crippen molar-refractivity contribution in [2.45, 2.75) is 62.9 Å². The first-order valence-corrected chi connectivity index (χ1v) is 12.9. The molecule has 4 aliphatic heterocycles. The van der Waals surface area contributed by atoms with Crippen LogP contribution in [0.5, 0.6) is 0 Å². The van der Waals surface area contributed by atoms with Gasteiger partial charge in [-0.25, -0.2) is 4.79 Å². The summed E-state index contributed by atoms with van der Waals surface area (Å²) < 4.78 is 33.9. The second-order valence-corrected chi connectivity index (χ2v) is 10.4. The zero-order valence-electron chi connectivity index (χ0n) is 22.1. The molecule has 2 fully saturated rings. The Labute approximate surface area is 223 Å². The number of ether oxygens (including phenoxy) is 6. The highest BCUT2D eigenvalue weighted by Gasteiger charge is 2.56. The topological polar surface area (TPSA) is 107 Å². The van der Waals surface area contributed by atoms with Gasteiger partial charge in [0.1, 0.15) is 30.2 Å². The maximum Gasteiger partial charge on any atom is 0.333 e. The molecule has 0 radical (unpaired) electrons. The Bertz CT molecular complexity index is 988. The molecule has 2 saturated heterocycles. The Hall–Kier alpha value is -3.17. The Morgan fingerprint density at radius 3 is 1.66 bits per heavy atom. The van der Waals surface area contributed by atoms with Gasteiger partial charge in [-0.05, 0) is 57.3 Å². The number of carbonyl (C=O) groups excluding carboxylic acids is 3. The van der Waals surface area contributed by atoms with E-state index in [1.165, 1.54) is 0 Å². The highest BCUT2D eigenvalue weighted by Crippen LogP contribution is 2.45. The predicted molar refractivity (Wildman–Crippen MR) is 137 cm³/mol. The molecule has 0 aromatic carbocycles. The van der Waals surface area contributed by atoms with Crippen LogP contribution in [-0.2, 0) is 42.8 Å². The molecule has 0 spiro atoms. The molecule has 9 heteroatoms. The van der Waals surface area contributed by atoms with Crippen molar-refractivity contribution in [2.75, 3.05) is 26.4 Å². The minimum atomic E-state index is -1.00. The fraction of sp³-hybridized carbons (Fsp3) is 0.552. The van der Waals surface area contributed by atoms with Crippen molar-refractivity contribution < 1.29 is 42.8 Å². The summed E-state index contributed by atoms with van der Waals surface area (Å²) in [6, 6.07) is 0. The van der Waals surface area contributed by atoms with Gasteiger partial charge in [0.25, 0.3) is 0 Å². The molecule has 0 amide bonds. The monoisotopic (exact) mass is 528 g/mol. The quantitative estimate of drug-likeness (QED) is 0.0637. The Morgan fingerprint density at radius 2 is 1.24 bits per heavy atom. The smallest absolute Gasteiger partial charge is 0.333 e. The zero-order valence-corrected chi connectivity index (χ0v) is 22.1. The molecule has 0 aliphatic carbocycles.